The van der Waals surface area contributed by atoms with E-state index in [0.29, 0.717) is 6.42 Å². The summed E-state index contributed by atoms with van der Waals surface area (Å²) >= 11 is 0. The van der Waals surface area contributed by atoms with Gasteiger partial charge in [-0.2, -0.15) is 0 Å². The lowest BCUT2D eigenvalue weighted by Gasteiger charge is -2.25. The molecule has 0 saturated heterocycles. The van der Waals surface area contributed by atoms with Crippen LogP contribution in [0.3, 0.4) is 0 Å². The van der Waals surface area contributed by atoms with Gasteiger partial charge in [0.05, 0.1) is 0 Å². The fourth-order valence-corrected chi connectivity index (χ4v) is 0.834. The van der Waals surface area contributed by atoms with E-state index in [2.05, 4.69) is 4.74 Å². The molecule has 0 aliphatic rings. The Morgan fingerprint density at radius 2 is 2.18 bits per heavy atom. The molecule has 0 saturated carbocycles. The minimum Gasteiger partial charge on any atom is -0.450 e. The van der Waals surface area contributed by atoms with Crippen molar-refractivity contribution in [2.75, 3.05) is 7.11 Å². The summed E-state index contributed by atoms with van der Waals surface area (Å²) in [6.45, 7) is 3.53. The predicted molar refractivity (Wildman–Crippen MR) is 39.4 cm³/mol. The van der Waals surface area contributed by atoms with Crippen molar-refractivity contribution in [3.63, 3.8) is 0 Å². The van der Waals surface area contributed by atoms with E-state index in [1.54, 1.807) is 6.92 Å². The van der Waals surface area contributed by atoms with E-state index in [0.717, 1.165) is 6.42 Å². The summed E-state index contributed by atoms with van der Waals surface area (Å²) in [6, 6.07) is 0. The minimum atomic E-state index is -1.30. The Balaban J connectivity index is 3.98. The van der Waals surface area contributed by atoms with Crippen molar-refractivity contribution < 1.29 is 19.4 Å². The van der Waals surface area contributed by atoms with Gasteiger partial charge >= 0.3 is 6.16 Å². The van der Waals surface area contributed by atoms with Crippen LogP contribution in [0.2, 0.25) is 0 Å². The molecule has 0 amide bonds. The number of methoxy groups -OCH3 is 1. The zero-order valence-electron chi connectivity index (χ0n) is 7.09. The summed E-state index contributed by atoms with van der Waals surface area (Å²) in [4.78, 5) is 10.1. The summed E-state index contributed by atoms with van der Waals surface area (Å²) in [5.41, 5.74) is 0. The summed E-state index contributed by atoms with van der Waals surface area (Å²) in [5, 5.41) is 8.30. The molecule has 1 atom stereocenters. The second kappa shape index (κ2) is 4.18. The normalized spacial score (nSPS) is 15.5. The Bertz CT molecular complexity index is 134. The van der Waals surface area contributed by atoms with Gasteiger partial charge in [0.25, 0.3) is 0 Å². The molecular formula is C7H14O4. The molecule has 4 nitrogen and oxygen atoms in total. The molecule has 0 aromatic carbocycles. The highest BCUT2D eigenvalue weighted by atomic mass is 16.8. The lowest BCUT2D eigenvalue weighted by molar-refractivity contribution is -0.185. The molecule has 4 heteroatoms. The van der Waals surface area contributed by atoms with E-state index in [-0.39, 0.29) is 0 Å². The zero-order valence-corrected chi connectivity index (χ0v) is 7.09. The molecule has 0 aliphatic heterocycles. The standard InChI is InChI=1S/C7H14O4/c1-4-5-7(2,10-3)11-6(8)9/h4-5H2,1-3H3,(H,8,9). The van der Waals surface area contributed by atoms with Gasteiger partial charge in [-0.25, -0.2) is 4.79 Å². The molecule has 0 rings (SSSR count). The van der Waals surface area contributed by atoms with Crippen LogP contribution >= 0.6 is 0 Å². The van der Waals surface area contributed by atoms with Gasteiger partial charge in [-0.05, 0) is 6.42 Å². The summed E-state index contributed by atoms with van der Waals surface area (Å²) < 4.78 is 9.41. The third kappa shape index (κ3) is 3.83. The van der Waals surface area contributed by atoms with Crippen molar-refractivity contribution in [1.82, 2.24) is 0 Å². The van der Waals surface area contributed by atoms with Crippen LogP contribution in [0.1, 0.15) is 26.7 Å². The SMILES string of the molecule is CCCC(C)(OC)OC(=O)O. The molecule has 0 aromatic rings. The van der Waals surface area contributed by atoms with Gasteiger partial charge in [-0.1, -0.05) is 6.92 Å². The summed E-state index contributed by atoms with van der Waals surface area (Å²) in [6.07, 6.45) is 0.0794. The molecule has 0 fully saturated rings. The van der Waals surface area contributed by atoms with Gasteiger partial charge in [-0.15, -0.1) is 0 Å². The van der Waals surface area contributed by atoms with E-state index < -0.39 is 11.9 Å². The van der Waals surface area contributed by atoms with Crippen molar-refractivity contribution in [2.45, 2.75) is 32.5 Å². The highest BCUT2D eigenvalue weighted by Gasteiger charge is 2.26. The van der Waals surface area contributed by atoms with Crippen molar-refractivity contribution in [2.24, 2.45) is 0 Å². The van der Waals surface area contributed by atoms with Crippen LogP contribution in [0.15, 0.2) is 0 Å². The number of rotatable bonds is 4. The van der Waals surface area contributed by atoms with Gasteiger partial charge in [0.2, 0.25) is 5.79 Å². The summed E-state index contributed by atoms with van der Waals surface area (Å²) in [7, 11) is 1.43. The molecule has 11 heavy (non-hydrogen) atoms. The maximum atomic E-state index is 10.1. The summed E-state index contributed by atoms with van der Waals surface area (Å²) in [5.74, 6) is -0.986. The Hall–Kier alpha value is -0.770. The minimum absolute atomic E-state index is 0.565. The highest BCUT2D eigenvalue weighted by Crippen LogP contribution is 2.17. The molecule has 0 spiro atoms. The van der Waals surface area contributed by atoms with Gasteiger partial charge in [0.1, 0.15) is 0 Å². The Morgan fingerprint density at radius 1 is 1.64 bits per heavy atom. The maximum absolute atomic E-state index is 10.1. The van der Waals surface area contributed by atoms with Crippen molar-refractivity contribution in [3.8, 4) is 0 Å². The first-order valence-corrected chi connectivity index (χ1v) is 3.51. The average Bonchev–Trinajstić information content (AvgIpc) is 1.87. The number of hydrogen-bond donors (Lipinski definition) is 1. The number of carboxylic acid groups (broad SMARTS) is 1. The van der Waals surface area contributed by atoms with Gasteiger partial charge in [0, 0.05) is 20.5 Å². The molecule has 66 valence electrons. The predicted octanol–water partition coefficient (Wildman–Crippen LogP) is 1.84. The molecular weight excluding hydrogens is 148 g/mol. The zero-order chi connectivity index (χ0) is 8.91. The van der Waals surface area contributed by atoms with Crippen LogP contribution in [-0.4, -0.2) is 24.2 Å². The van der Waals surface area contributed by atoms with Crippen molar-refractivity contribution in [1.29, 1.82) is 0 Å². The number of hydrogen-bond acceptors (Lipinski definition) is 3. The highest BCUT2D eigenvalue weighted by molar-refractivity contribution is 5.57. The van der Waals surface area contributed by atoms with E-state index in [4.69, 9.17) is 9.84 Å². The van der Waals surface area contributed by atoms with E-state index in [9.17, 15) is 4.79 Å². The fourth-order valence-electron chi connectivity index (χ4n) is 0.834. The second-order valence-electron chi connectivity index (χ2n) is 2.46. The Morgan fingerprint density at radius 3 is 2.45 bits per heavy atom. The van der Waals surface area contributed by atoms with E-state index in [1.165, 1.54) is 7.11 Å². The Kier molecular flexibility index (Phi) is 3.89. The third-order valence-corrected chi connectivity index (χ3v) is 1.44. The molecule has 0 heterocycles. The lowest BCUT2D eigenvalue weighted by Crippen LogP contribution is -2.32. The molecule has 1 unspecified atom stereocenters. The maximum Gasteiger partial charge on any atom is 0.508 e. The molecule has 0 aromatic heterocycles. The quantitative estimate of drug-likeness (QED) is 0.506. The molecule has 0 radical (unpaired) electrons. The second-order valence-corrected chi connectivity index (χ2v) is 2.46. The van der Waals surface area contributed by atoms with Gasteiger partial charge in [-0.3, -0.25) is 0 Å². The van der Waals surface area contributed by atoms with Crippen LogP contribution in [0.5, 0.6) is 0 Å². The average molecular weight is 162 g/mol. The molecule has 1 N–H and O–H groups in total. The topological polar surface area (TPSA) is 55.8 Å². The fraction of sp³-hybridized carbons (Fsp3) is 0.857. The van der Waals surface area contributed by atoms with E-state index in [1.807, 2.05) is 6.92 Å². The van der Waals surface area contributed by atoms with Crippen molar-refractivity contribution in [3.05, 3.63) is 0 Å². The first-order valence-electron chi connectivity index (χ1n) is 3.51. The third-order valence-electron chi connectivity index (χ3n) is 1.44. The van der Waals surface area contributed by atoms with Gasteiger partial charge < -0.3 is 14.6 Å². The van der Waals surface area contributed by atoms with Crippen LogP contribution < -0.4 is 0 Å². The molecule has 0 aliphatic carbocycles. The van der Waals surface area contributed by atoms with Crippen LogP contribution in [0.4, 0.5) is 4.79 Å². The lowest BCUT2D eigenvalue weighted by atomic mass is 10.2. The number of carbonyl (C=O) groups is 1. The van der Waals surface area contributed by atoms with Crippen LogP contribution in [-0.2, 0) is 9.47 Å². The van der Waals surface area contributed by atoms with Crippen LogP contribution in [0, 0.1) is 0 Å². The van der Waals surface area contributed by atoms with Crippen LogP contribution in [0.25, 0.3) is 0 Å². The monoisotopic (exact) mass is 162 g/mol. The Labute approximate surface area is 66.1 Å². The van der Waals surface area contributed by atoms with Crippen molar-refractivity contribution >= 4 is 6.16 Å². The van der Waals surface area contributed by atoms with E-state index >= 15 is 0 Å². The smallest absolute Gasteiger partial charge is 0.450 e. The largest absolute Gasteiger partial charge is 0.508 e. The number of ether oxygens (including phenoxy) is 2. The first kappa shape index (κ1) is 10.2. The first-order chi connectivity index (χ1) is 5.04. The van der Waals surface area contributed by atoms with Gasteiger partial charge in [0.15, 0.2) is 0 Å². The molecule has 0 bridgehead atoms.